The van der Waals surface area contributed by atoms with Crippen LogP contribution in [0, 0.1) is 0 Å². The van der Waals surface area contributed by atoms with E-state index < -0.39 is 0 Å². The van der Waals surface area contributed by atoms with E-state index >= 15 is 0 Å². The Morgan fingerprint density at radius 1 is 1.27 bits per heavy atom. The van der Waals surface area contributed by atoms with Crippen LogP contribution in [-0.2, 0) is 6.54 Å². The lowest BCUT2D eigenvalue weighted by Crippen LogP contribution is -2.27. The maximum Gasteiger partial charge on any atom is 0.252 e. The highest BCUT2D eigenvalue weighted by Crippen LogP contribution is 2.29. The summed E-state index contributed by atoms with van der Waals surface area (Å²) in [5, 5.41) is 4.12. The Balaban J connectivity index is 1.68. The van der Waals surface area contributed by atoms with Crippen LogP contribution < -0.4 is 5.32 Å². The highest BCUT2D eigenvalue weighted by Gasteiger charge is 2.16. The first kappa shape index (κ1) is 16.4. The summed E-state index contributed by atoms with van der Waals surface area (Å²) in [6, 6.07) is 10.7. The molecule has 0 atom stereocenters. The number of imidazole rings is 1. The minimum absolute atomic E-state index is 0.187. The molecule has 0 fully saturated rings. The molecule has 0 aliphatic heterocycles. The van der Waals surface area contributed by atoms with Gasteiger partial charge in [0.25, 0.3) is 5.91 Å². The summed E-state index contributed by atoms with van der Waals surface area (Å²) in [6.45, 7) is 1.12. The monoisotopic (exact) mass is 366 g/mol. The molecule has 0 spiro atoms. The van der Waals surface area contributed by atoms with Gasteiger partial charge >= 0.3 is 0 Å². The molecular formula is C19H15ClN4O2. The van der Waals surface area contributed by atoms with Crippen molar-refractivity contribution < 1.29 is 9.21 Å². The molecule has 26 heavy (non-hydrogen) atoms. The normalized spacial score (nSPS) is 11.0. The summed E-state index contributed by atoms with van der Waals surface area (Å²) in [7, 11) is 0. The molecule has 0 aliphatic rings. The van der Waals surface area contributed by atoms with Gasteiger partial charge in [0.15, 0.2) is 5.76 Å². The van der Waals surface area contributed by atoms with Crippen molar-refractivity contribution >= 4 is 28.4 Å². The Bertz CT molecular complexity index is 1040. The summed E-state index contributed by atoms with van der Waals surface area (Å²) in [5.74, 6) is 0.395. The van der Waals surface area contributed by atoms with Gasteiger partial charge in [-0.05, 0) is 24.3 Å². The van der Waals surface area contributed by atoms with Crippen LogP contribution in [0.4, 0.5) is 0 Å². The summed E-state index contributed by atoms with van der Waals surface area (Å²) >= 11 is 6.30. The fourth-order valence-corrected chi connectivity index (χ4v) is 2.98. The van der Waals surface area contributed by atoms with Crippen LogP contribution in [-0.4, -0.2) is 27.0 Å². The second-order valence-electron chi connectivity index (χ2n) is 5.72. The van der Waals surface area contributed by atoms with E-state index in [-0.39, 0.29) is 5.91 Å². The molecule has 7 heteroatoms. The van der Waals surface area contributed by atoms with Crippen LogP contribution in [0.15, 0.2) is 65.8 Å². The number of aromatic nitrogens is 3. The van der Waals surface area contributed by atoms with E-state index in [1.54, 1.807) is 49.1 Å². The van der Waals surface area contributed by atoms with E-state index in [4.69, 9.17) is 16.0 Å². The maximum atomic E-state index is 12.8. The second kappa shape index (κ2) is 7.01. The molecule has 0 bridgehead atoms. The number of hydrogen-bond donors (Lipinski definition) is 1. The molecular weight excluding hydrogens is 352 g/mol. The number of amides is 1. The first-order chi connectivity index (χ1) is 12.7. The number of nitrogens with one attached hydrogen (secondary N) is 1. The summed E-state index contributed by atoms with van der Waals surface area (Å²) in [4.78, 5) is 21.3. The highest BCUT2D eigenvalue weighted by molar-refractivity contribution is 6.35. The Kier molecular flexibility index (Phi) is 4.41. The molecule has 1 N–H and O–H groups in total. The molecule has 1 aromatic carbocycles. The zero-order valence-electron chi connectivity index (χ0n) is 13.7. The van der Waals surface area contributed by atoms with Gasteiger partial charge in [0.1, 0.15) is 5.69 Å². The molecule has 0 unspecified atom stereocenters. The third-order valence-electron chi connectivity index (χ3n) is 4.02. The lowest BCUT2D eigenvalue weighted by atomic mass is 10.1. The van der Waals surface area contributed by atoms with Crippen LogP contribution in [0.25, 0.3) is 22.4 Å². The number of furan rings is 1. The summed E-state index contributed by atoms with van der Waals surface area (Å²) < 4.78 is 7.32. The fraction of sp³-hybridized carbons (Fsp3) is 0.105. The zero-order valence-corrected chi connectivity index (χ0v) is 14.5. The van der Waals surface area contributed by atoms with Gasteiger partial charge in [0.05, 0.1) is 28.7 Å². The van der Waals surface area contributed by atoms with Gasteiger partial charge in [-0.3, -0.25) is 4.79 Å². The number of rotatable bonds is 5. The van der Waals surface area contributed by atoms with E-state index in [0.29, 0.717) is 46.0 Å². The maximum absolute atomic E-state index is 12.8. The molecule has 4 rings (SSSR count). The van der Waals surface area contributed by atoms with Gasteiger partial charge in [0.2, 0.25) is 0 Å². The highest BCUT2D eigenvalue weighted by atomic mass is 35.5. The number of fused-ring (bicyclic) bond motifs is 1. The minimum Gasteiger partial charge on any atom is -0.463 e. The summed E-state index contributed by atoms with van der Waals surface area (Å²) in [6.07, 6.45) is 6.83. The number of hydrogen-bond acceptors (Lipinski definition) is 4. The lowest BCUT2D eigenvalue weighted by molar-refractivity contribution is 0.0954. The van der Waals surface area contributed by atoms with Crippen LogP contribution in [0.3, 0.4) is 0 Å². The average molecular weight is 367 g/mol. The number of carbonyl (C=O) groups excluding carboxylic acids is 1. The quantitative estimate of drug-likeness (QED) is 0.583. The van der Waals surface area contributed by atoms with Crippen LogP contribution in [0.1, 0.15) is 10.4 Å². The number of carbonyl (C=O) groups is 1. The average Bonchev–Trinajstić information content (AvgIpc) is 3.35. The van der Waals surface area contributed by atoms with Crippen molar-refractivity contribution in [1.82, 2.24) is 19.9 Å². The van der Waals surface area contributed by atoms with E-state index in [1.807, 2.05) is 16.8 Å². The van der Waals surface area contributed by atoms with E-state index in [0.717, 1.165) is 0 Å². The van der Waals surface area contributed by atoms with E-state index in [1.165, 1.54) is 0 Å². The van der Waals surface area contributed by atoms with Crippen molar-refractivity contribution in [3.63, 3.8) is 0 Å². The predicted molar refractivity (Wildman–Crippen MR) is 99.0 cm³/mol. The Morgan fingerprint density at radius 2 is 2.19 bits per heavy atom. The molecule has 0 saturated carbocycles. The largest absolute Gasteiger partial charge is 0.463 e. The van der Waals surface area contributed by atoms with Crippen molar-refractivity contribution in [2.45, 2.75) is 6.54 Å². The molecule has 6 nitrogen and oxygen atoms in total. The molecule has 0 radical (unpaired) electrons. The van der Waals surface area contributed by atoms with Gasteiger partial charge in [-0.25, -0.2) is 9.97 Å². The number of halogens is 1. The number of benzene rings is 1. The van der Waals surface area contributed by atoms with Crippen LogP contribution in [0.5, 0.6) is 0 Å². The van der Waals surface area contributed by atoms with Gasteiger partial charge in [-0.1, -0.05) is 23.7 Å². The van der Waals surface area contributed by atoms with Gasteiger partial charge in [0, 0.05) is 30.9 Å². The summed E-state index contributed by atoms with van der Waals surface area (Å²) in [5.41, 5.74) is 1.65. The topological polar surface area (TPSA) is 73.0 Å². The molecule has 130 valence electrons. The van der Waals surface area contributed by atoms with Crippen molar-refractivity contribution in [1.29, 1.82) is 0 Å². The first-order valence-electron chi connectivity index (χ1n) is 8.09. The molecule has 3 aromatic heterocycles. The Morgan fingerprint density at radius 3 is 2.96 bits per heavy atom. The minimum atomic E-state index is -0.187. The fourth-order valence-electron chi connectivity index (χ4n) is 2.76. The molecule has 0 saturated heterocycles. The third-order valence-corrected chi connectivity index (χ3v) is 4.33. The van der Waals surface area contributed by atoms with Gasteiger partial charge in [-0.15, -0.1) is 0 Å². The number of pyridine rings is 1. The van der Waals surface area contributed by atoms with Crippen molar-refractivity contribution in [3.8, 4) is 11.5 Å². The number of nitrogens with zero attached hydrogens (tertiary/aromatic N) is 3. The lowest BCUT2D eigenvalue weighted by Gasteiger charge is -2.11. The third kappa shape index (κ3) is 3.19. The van der Waals surface area contributed by atoms with E-state index in [9.17, 15) is 4.79 Å². The second-order valence-corrected chi connectivity index (χ2v) is 6.13. The van der Waals surface area contributed by atoms with Gasteiger partial charge < -0.3 is 14.3 Å². The number of para-hydroxylation sites is 1. The molecule has 3 heterocycles. The van der Waals surface area contributed by atoms with Crippen molar-refractivity contribution in [2.75, 3.05) is 6.54 Å². The van der Waals surface area contributed by atoms with Crippen molar-refractivity contribution in [2.24, 2.45) is 0 Å². The van der Waals surface area contributed by atoms with E-state index in [2.05, 4.69) is 15.3 Å². The molecule has 1 amide bonds. The Labute approximate surface area is 154 Å². The molecule has 4 aromatic rings. The first-order valence-corrected chi connectivity index (χ1v) is 8.47. The SMILES string of the molecule is O=C(NCCn1ccnc1)c1cc(-c2ccco2)nc2c(Cl)cccc12. The van der Waals surface area contributed by atoms with Gasteiger partial charge in [-0.2, -0.15) is 0 Å². The van der Waals surface area contributed by atoms with Crippen LogP contribution in [0.2, 0.25) is 5.02 Å². The Hall–Kier alpha value is -3.12. The van der Waals surface area contributed by atoms with Crippen molar-refractivity contribution in [3.05, 3.63) is 72.0 Å². The van der Waals surface area contributed by atoms with Crippen LogP contribution >= 0.6 is 11.6 Å². The smallest absolute Gasteiger partial charge is 0.252 e. The molecule has 0 aliphatic carbocycles. The predicted octanol–water partition coefficient (Wildman–Crippen LogP) is 3.77. The standard InChI is InChI=1S/C19H15ClN4O2/c20-15-4-1-3-13-14(19(25)22-7-9-24-8-6-21-12-24)11-16(23-18(13)15)17-5-2-10-26-17/h1-6,8,10-12H,7,9H2,(H,22,25). The zero-order chi connectivity index (χ0) is 17.9.